The van der Waals surface area contributed by atoms with Crippen LogP contribution in [0.5, 0.6) is 0 Å². The van der Waals surface area contributed by atoms with Crippen molar-refractivity contribution in [3.63, 3.8) is 0 Å². The van der Waals surface area contributed by atoms with Gasteiger partial charge in [0.25, 0.3) is 5.56 Å². The molecule has 1 aliphatic rings. The molecule has 5 nitrogen and oxygen atoms in total. The number of hydrogen-bond donors (Lipinski definition) is 2. The van der Waals surface area contributed by atoms with Crippen molar-refractivity contribution in [1.82, 2.24) is 14.4 Å². The molecule has 0 spiro atoms. The summed E-state index contributed by atoms with van der Waals surface area (Å²) in [5.74, 6) is 0. The van der Waals surface area contributed by atoms with Crippen LogP contribution < -0.4 is 11.3 Å². The third kappa shape index (κ3) is 1.16. The van der Waals surface area contributed by atoms with Crippen molar-refractivity contribution in [2.75, 3.05) is 0 Å². The molecule has 0 fully saturated rings. The molecule has 0 amide bonds. The summed E-state index contributed by atoms with van der Waals surface area (Å²) in [5, 5.41) is 0. The van der Waals surface area contributed by atoms with Gasteiger partial charge in [-0.25, -0.2) is 4.98 Å². The molecule has 2 aromatic heterocycles. The first kappa shape index (κ1) is 11.4. The smallest absolute Gasteiger partial charge is 0.292 e. The van der Waals surface area contributed by atoms with E-state index in [-0.39, 0.29) is 5.56 Å². The first-order chi connectivity index (χ1) is 9.66. The van der Waals surface area contributed by atoms with Gasteiger partial charge in [0.1, 0.15) is 0 Å². The van der Waals surface area contributed by atoms with Gasteiger partial charge in [0.05, 0.1) is 16.9 Å². The second-order valence-corrected chi connectivity index (χ2v) is 5.17. The fraction of sp³-hybridized carbons (Fsp3) is 0.200. The van der Waals surface area contributed by atoms with Gasteiger partial charge >= 0.3 is 0 Å². The van der Waals surface area contributed by atoms with E-state index >= 15 is 0 Å². The van der Waals surface area contributed by atoms with Crippen LogP contribution in [0.25, 0.3) is 16.9 Å². The van der Waals surface area contributed by atoms with E-state index in [1.165, 1.54) is 0 Å². The summed E-state index contributed by atoms with van der Waals surface area (Å²) in [6.07, 6.45) is 4.17. The van der Waals surface area contributed by atoms with Gasteiger partial charge in [-0.1, -0.05) is 31.2 Å². The van der Waals surface area contributed by atoms with Crippen LogP contribution >= 0.6 is 0 Å². The zero-order valence-electron chi connectivity index (χ0n) is 11.1. The maximum absolute atomic E-state index is 12.1. The lowest BCUT2D eigenvalue weighted by atomic mass is 9.89. The Morgan fingerprint density at radius 3 is 3.00 bits per heavy atom. The first-order valence-electron chi connectivity index (χ1n) is 6.65. The molecule has 0 radical (unpaired) electrons. The number of H-pyrrole nitrogens is 1. The Morgan fingerprint density at radius 1 is 1.40 bits per heavy atom. The average Bonchev–Trinajstić information content (AvgIpc) is 3.03. The number of nitrogens with two attached hydrogens (primary N) is 1. The molecule has 100 valence electrons. The Bertz CT molecular complexity index is 892. The molecule has 0 saturated heterocycles. The zero-order valence-corrected chi connectivity index (χ0v) is 11.1. The summed E-state index contributed by atoms with van der Waals surface area (Å²) in [4.78, 5) is 19.2. The molecule has 20 heavy (non-hydrogen) atoms. The topological polar surface area (TPSA) is 76.2 Å². The predicted molar refractivity (Wildman–Crippen MR) is 76.5 cm³/mol. The van der Waals surface area contributed by atoms with Gasteiger partial charge in [0.15, 0.2) is 0 Å². The Morgan fingerprint density at radius 2 is 2.20 bits per heavy atom. The van der Waals surface area contributed by atoms with Gasteiger partial charge in [0, 0.05) is 18.0 Å². The molecule has 1 aromatic carbocycles. The van der Waals surface area contributed by atoms with Crippen LogP contribution in [0.3, 0.4) is 0 Å². The van der Waals surface area contributed by atoms with Crippen molar-refractivity contribution in [3.8, 4) is 11.3 Å². The third-order valence-corrected chi connectivity index (χ3v) is 4.22. The number of hydrogen-bond acceptors (Lipinski definition) is 3. The molecule has 3 aromatic rings. The number of rotatable bonds is 1. The van der Waals surface area contributed by atoms with E-state index < -0.39 is 5.54 Å². The van der Waals surface area contributed by atoms with Crippen LogP contribution in [-0.2, 0) is 5.54 Å². The molecular formula is C15H14N4O. The molecule has 1 unspecified atom stereocenters. The Balaban J connectivity index is 2.25. The number of nitrogens with one attached hydrogen (secondary N) is 1. The Kier molecular flexibility index (Phi) is 2.04. The lowest BCUT2D eigenvalue weighted by Crippen LogP contribution is -2.37. The van der Waals surface area contributed by atoms with Gasteiger partial charge in [-0.05, 0) is 12.0 Å². The summed E-state index contributed by atoms with van der Waals surface area (Å²) in [7, 11) is 0. The van der Waals surface area contributed by atoms with E-state index in [1.807, 2.05) is 28.7 Å². The molecule has 4 rings (SSSR count). The second kappa shape index (κ2) is 3.58. The highest BCUT2D eigenvalue weighted by Gasteiger charge is 2.41. The van der Waals surface area contributed by atoms with Crippen molar-refractivity contribution in [2.24, 2.45) is 5.73 Å². The number of aromatic nitrogens is 3. The Labute approximate surface area is 115 Å². The number of fused-ring (bicyclic) bond motifs is 5. The quantitative estimate of drug-likeness (QED) is 0.702. The fourth-order valence-electron chi connectivity index (χ4n) is 3.21. The van der Waals surface area contributed by atoms with Crippen molar-refractivity contribution < 1.29 is 0 Å². The van der Waals surface area contributed by atoms with Crippen molar-refractivity contribution in [2.45, 2.75) is 18.9 Å². The van der Waals surface area contributed by atoms with Crippen molar-refractivity contribution in [3.05, 3.63) is 58.3 Å². The summed E-state index contributed by atoms with van der Waals surface area (Å²) in [5.41, 5.74) is 10.0. The normalized spacial score (nSPS) is 20.1. The summed E-state index contributed by atoms with van der Waals surface area (Å²) in [6.45, 7) is 2.06. The predicted octanol–water partition coefficient (Wildman–Crippen LogP) is 1.62. The minimum atomic E-state index is -0.602. The van der Waals surface area contributed by atoms with Crippen LogP contribution in [0.2, 0.25) is 0 Å². The SMILES string of the molecule is CCC1(N)c2ccccc2-c2[nH]c(=O)c3nccn3c21. The summed E-state index contributed by atoms with van der Waals surface area (Å²) in [6, 6.07) is 7.96. The van der Waals surface area contributed by atoms with E-state index in [4.69, 9.17) is 5.73 Å². The van der Waals surface area contributed by atoms with Crippen LogP contribution in [-0.4, -0.2) is 14.4 Å². The lowest BCUT2D eigenvalue weighted by Gasteiger charge is -2.25. The highest BCUT2D eigenvalue weighted by molar-refractivity contribution is 5.77. The van der Waals surface area contributed by atoms with Crippen LogP contribution in [0.1, 0.15) is 24.6 Å². The highest BCUT2D eigenvalue weighted by Crippen LogP contribution is 2.45. The highest BCUT2D eigenvalue weighted by atomic mass is 16.1. The van der Waals surface area contributed by atoms with Crippen LogP contribution in [0.15, 0.2) is 41.5 Å². The molecule has 2 heterocycles. The second-order valence-electron chi connectivity index (χ2n) is 5.17. The molecule has 1 atom stereocenters. The molecule has 0 saturated carbocycles. The van der Waals surface area contributed by atoms with Gasteiger partial charge in [-0.3, -0.25) is 9.20 Å². The average molecular weight is 266 g/mol. The number of benzene rings is 1. The van der Waals surface area contributed by atoms with Crippen molar-refractivity contribution >= 4 is 5.65 Å². The summed E-state index contributed by atoms with van der Waals surface area (Å²) >= 11 is 0. The summed E-state index contributed by atoms with van der Waals surface area (Å²) < 4.78 is 1.82. The van der Waals surface area contributed by atoms with Gasteiger partial charge in [-0.15, -0.1) is 0 Å². The van der Waals surface area contributed by atoms with E-state index in [2.05, 4.69) is 16.9 Å². The van der Waals surface area contributed by atoms with E-state index in [9.17, 15) is 4.79 Å². The fourth-order valence-corrected chi connectivity index (χ4v) is 3.21. The van der Waals surface area contributed by atoms with Gasteiger partial charge < -0.3 is 10.7 Å². The maximum Gasteiger partial charge on any atom is 0.292 e. The van der Waals surface area contributed by atoms with Crippen LogP contribution in [0.4, 0.5) is 0 Å². The molecule has 5 heteroatoms. The van der Waals surface area contributed by atoms with Crippen molar-refractivity contribution in [1.29, 1.82) is 0 Å². The maximum atomic E-state index is 12.1. The lowest BCUT2D eigenvalue weighted by molar-refractivity contribution is 0.510. The standard InChI is InChI=1S/C15H14N4O/c1-2-15(16)10-6-4-3-5-9(10)11-12(15)19-8-7-17-13(19)14(20)18-11/h3-8H,2,16H2,1H3,(H,18,20). The molecular weight excluding hydrogens is 252 g/mol. The Hall–Kier alpha value is -2.40. The number of nitrogens with zero attached hydrogens (tertiary/aromatic N) is 2. The number of aromatic amines is 1. The van der Waals surface area contributed by atoms with Gasteiger partial charge in [0.2, 0.25) is 5.65 Å². The van der Waals surface area contributed by atoms with Gasteiger partial charge in [-0.2, -0.15) is 0 Å². The minimum absolute atomic E-state index is 0.191. The third-order valence-electron chi connectivity index (χ3n) is 4.22. The molecule has 3 N–H and O–H groups in total. The van der Waals surface area contributed by atoms with E-state index in [1.54, 1.807) is 12.4 Å². The molecule has 0 bridgehead atoms. The van der Waals surface area contributed by atoms with E-state index in [0.29, 0.717) is 5.65 Å². The number of imidazole rings is 1. The van der Waals surface area contributed by atoms with E-state index in [0.717, 1.165) is 28.9 Å². The van der Waals surface area contributed by atoms with Crippen LogP contribution in [0, 0.1) is 0 Å². The monoisotopic (exact) mass is 266 g/mol. The minimum Gasteiger partial charge on any atom is -0.317 e. The molecule has 0 aliphatic heterocycles. The largest absolute Gasteiger partial charge is 0.317 e. The zero-order chi connectivity index (χ0) is 13.9. The molecule has 1 aliphatic carbocycles. The first-order valence-corrected chi connectivity index (χ1v) is 6.65.